The van der Waals surface area contributed by atoms with Crippen molar-refractivity contribution in [2.45, 2.75) is 37.5 Å². The number of nitrogens with zero attached hydrogens (tertiary/aromatic N) is 5. The van der Waals surface area contributed by atoms with Crippen LogP contribution in [0.1, 0.15) is 40.9 Å². The Morgan fingerprint density at radius 3 is 1.60 bits per heavy atom. The molecule has 0 spiro atoms. The molecule has 0 bridgehead atoms. The number of phenolic OH excluding ortho intramolecular Hbond substituents is 1. The number of nitrogens with one attached hydrogen (secondary N) is 1. The number of hydrogen-bond donors (Lipinski definition) is 4. The first-order valence-corrected chi connectivity index (χ1v) is 25.7. The minimum Gasteiger partial charge on any atom is -0.871 e. The Morgan fingerprint density at radius 2 is 1.05 bits per heavy atom. The number of benzene rings is 8. The Kier molecular flexibility index (Phi) is 19.0. The molecule has 75 heavy (non-hydrogen) atoms. The van der Waals surface area contributed by atoms with Crippen LogP contribution in [0.5, 0.6) is 23.0 Å². The van der Waals surface area contributed by atoms with Crippen LogP contribution in [0.4, 0.5) is 34.1 Å². The molecule has 18 nitrogen and oxygen atoms in total. The van der Waals surface area contributed by atoms with Gasteiger partial charge in [0.1, 0.15) is 34.2 Å². The predicted octanol–water partition coefficient (Wildman–Crippen LogP) is 11.8. The molecule has 0 saturated carbocycles. The third-order valence-corrected chi connectivity index (χ3v) is 13.6. The van der Waals surface area contributed by atoms with Crippen LogP contribution in [0, 0.1) is 13.8 Å². The van der Waals surface area contributed by atoms with Crippen LogP contribution < -0.4 is 25.0 Å². The molecule has 0 aliphatic heterocycles. The summed E-state index contributed by atoms with van der Waals surface area (Å²) in [6, 6.07) is 35.1. The number of aromatic hydroxyl groups is 1. The SMILES string of the molecule is CCOc1ccccc1N=C([O-])c1cc2ccccc2c(N=Nc2c(Cl)ccc(S(=O)(=O)O)c2C)c1[O-].CCOc1ccccc1NC(=O)c1cc2ccccc2c(N=Nc2c(Cl)ccc(S(=O)(=O)O)c2C)c1O.[Ca+2]. The molecule has 0 aromatic heterocycles. The summed E-state index contributed by atoms with van der Waals surface area (Å²) >= 11 is 12.4. The van der Waals surface area contributed by atoms with Gasteiger partial charge in [0.25, 0.3) is 26.1 Å². The van der Waals surface area contributed by atoms with E-state index in [1.807, 2.05) is 6.92 Å². The number of ether oxygens (including phenoxy) is 2. The van der Waals surface area contributed by atoms with E-state index in [4.69, 9.17) is 32.7 Å². The first kappa shape index (κ1) is 57.6. The number of amides is 1. The molecule has 8 aromatic rings. The number of carbonyl (C=O) groups excluding carboxylic acids is 1. The topological polar surface area (TPSA) is 284 Å². The number of anilines is 1. The normalized spacial score (nSPS) is 11.9. The summed E-state index contributed by atoms with van der Waals surface area (Å²) in [5, 5.41) is 58.9. The van der Waals surface area contributed by atoms with Crippen molar-refractivity contribution < 1.29 is 55.5 Å². The maximum Gasteiger partial charge on any atom is 2.00 e. The fourth-order valence-corrected chi connectivity index (χ4v) is 9.43. The molecule has 4 N–H and O–H groups in total. The predicted molar refractivity (Wildman–Crippen MR) is 284 cm³/mol. The molecule has 0 saturated heterocycles. The zero-order chi connectivity index (χ0) is 53.5. The Morgan fingerprint density at radius 1 is 0.613 bits per heavy atom. The fraction of sp³-hybridized carbons (Fsp3) is 0.115. The monoisotopic (exact) mass is 1120 g/mol. The molecule has 0 unspecified atom stereocenters. The van der Waals surface area contributed by atoms with Crippen LogP contribution in [-0.2, 0) is 20.2 Å². The van der Waals surface area contributed by atoms with Crippen LogP contribution in [0.15, 0.2) is 169 Å². The molecule has 1 amide bonds. The molecule has 0 atom stereocenters. The molecule has 0 fully saturated rings. The molecule has 380 valence electrons. The zero-order valence-corrected chi connectivity index (χ0v) is 45.5. The fourth-order valence-electron chi connectivity index (χ4n) is 7.50. The largest absolute Gasteiger partial charge is 2.00 e. The molecule has 0 radical (unpaired) electrons. The first-order valence-electron chi connectivity index (χ1n) is 22.1. The number of phenols is 1. The summed E-state index contributed by atoms with van der Waals surface area (Å²) in [6.07, 6.45) is 0. The number of aliphatic imine (C=N–C) groups is 1. The van der Waals surface area contributed by atoms with Gasteiger partial charge in [-0.25, -0.2) is 0 Å². The van der Waals surface area contributed by atoms with E-state index in [2.05, 4.69) is 30.8 Å². The van der Waals surface area contributed by atoms with Crippen LogP contribution in [0.2, 0.25) is 10.0 Å². The molecule has 0 aliphatic carbocycles. The number of azo groups is 2. The van der Waals surface area contributed by atoms with Crippen molar-refractivity contribution in [3.8, 4) is 23.0 Å². The quantitative estimate of drug-likeness (QED) is 0.0260. The van der Waals surface area contributed by atoms with Gasteiger partial charge in [0.15, 0.2) is 5.75 Å². The molecule has 8 aromatic carbocycles. The maximum atomic E-state index is 13.4. The molecule has 0 heterocycles. The molecule has 8 rings (SSSR count). The number of halogens is 2. The van der Waals surface area contributed by atoms with Crippen LogP contribution >= 0.6 is 23.2 Å². The summed E-state index contributed by atoms with van der Waals surface area (Å²) < 4.78 is 76.8. The van der Waals surface area contributed by atoms with Crippen molar-refractivity contribution in [1.82, 2.24) is 0 Å². The van der Waals surface area contributed by atoms with Gasteiger partial charge in [0.2, 0.25) is 0 Å². The molecule has 0 aliphatic rings. The van der Waals surface area contributed by atoms with E-state index in [9.17, 15) is 46.1 Å². The van der Waals surface area contributed by atoms with E-state index in [-0.39, 0.29) is 103 Å². The van der Waals surface area contributed by atoms with E-state index in [0.29, 0.717) is 51.9 Å². The van der Waals surface area contributed by atoms with E-state index in [1.165, 1.54) is 38.1 Å². The number of para-hydroxylation sites is 4. The van der Waals surface area contributed by atoms with Gasteiger partial charge in [0, 0.05) is 10.8 Å². The Labute approximate surface area is 470 Å². The number of rotatable bonds is 14. The standard InChI is InChI=1S/2C26H22ClN3O6S.Ca/c2*1-3-36-21-11-7-6-10-20(21)28-26(32)18-14-16-8-4-5-9-17(16)24(25(18)31)30-29-23-15(2)22(37(33,34)35)13-12-19(23)27;/h2*4-14,31H,3H2,1-2H3,(H,28,32)(H,33,34,35);/q;;+2/p-2. The van der Waals surface area contributed by atoms with E-state index in [1.54, 1.807) is 104 Å². The average Bonchev–Trinajstić information content (AvgIpc) is 3.35. The Bertz CT molecular complexity index is 3830. The van der Waals surface area contributed by atoms with Crippen molar-refractivity contribution in [3.63, 3.8) is 0 Å². The van der Waals surface area contributed by atoms with Crippen molar-refractivity contribution in [2.75, 3.05) is 18.5 Å². The zero-order valence-electron chi connectivity index (χ0n) is 40.1. The van der Waals surface area contributed by atoms with Crippen LogP contribution in [-0.4, -0.2) is 93.8 Å². The second-order valence-corrected chi connectivity index (χ2v) is 19.3. The van der Waals surface area contributed by atoms with Gasteiger partial charge >= 0.3 is 37.7 Å². The van der Waals surface area contributed by atoms with E-state index >= 15 is 0 Å². The van der Waals surface area contributed by atoms with Crippen molar-refractivity contribution >= 4 is 149 Å². The number of fused-ring (bicyclic) bond motifs is 2. The second kappa shape index (κ2) is 24.7. The third kappa shape index (κ3) is 13.2. The average molecular weight is 1120 g/mol. The van der Waals surface area contributed by atoms with Crippen LogP contribution in [0.25, 0.3) is 21.5 Å². The van der Waals surface area contributed by atoms with Gasteiger partial charge in [-0.2, -0.15) is 21.9 Å². The maximum absolute atomic E-state index is 13.4. The number of hydrogen-bond acceptors (Lipinski definition) is 15. The summed E-state index contributed by atoms with van der Waals surface area (Å²) in [4.78, 5) is 16.5. The third-order valence-electron chi connectivity index (χ3n) is 11.0. The first-order chi connectivity index (χ1) is 35.2. The van der Waals surface area contributed by atoms with Gasteiger partial charge in [-0.3, -0.25) is 18.9 Å². The summed E-state index contributed by atoms with van der Waals surface area (Å²) in [5.41, 5.74) is 0.296. The molecular weight excluding hydrogens is 1080 g/mol. The van der Waals surface area contributed by atoms with Gasteiger partial charge in [0.05, 0.1) is 50.0 Å². The van der Waals surface area contributed by atoms with Gasteiger partial charge in [-0.05, 0) is 122 Å². The van der Waals surface area contributed by atoms with Crippen molar-refractivity contribution in [2.24, 2.45) is 25.4 Å². The minimum absolute atomic E-state index is 0. The van der Waals surface area contributed by atoms with E-state index < -0.39 is 48.4 Å². The molecular formula is C52H42CaCl2N6O12S2. The smallest absolute Gasteiger partial charge is 0.871 e. The number of carbonyl (C=O) groups is 1. The van der Waals surface area contributed by atoms with Gasteiger partial charge < -0.3 is 30.1 Å². The Hall–Kier alpha value is -6.72. The summed E-state index contributed by atoms with van der Waals surface area (Å²) in [6.45, 7) is 7.21. The van der Waals surface area contributed by atoms with Gasteiger partial charge in [-0.15, -0.1) is 15.3 Å². The van der Waals surface area contributed by atoms with Gasteiger partial charge in [-0.1, -0.05) is 102 Å². The Balaban J connectivity index is 0.000000241. The second-order valence-electron chi connectivity index (χ2n) is 15.8. The summed E-state index contributed by atoms with van der Waals surface area (Å²) in [7, 11) is -9.07. The van der Waals surface area contributed by atoms with E-state index in [0.717, 1.165) is 12.1 Å². The van der Waals surface area contributed by atoms with Crippen molar-refractivity contribution in [1.29, 1.82) is 0 Å². The minimum atomic E-state index is -4.54. The van der Waals surface area contributed by atoms with Crippen molar-refractivity contribution in [3.05, 3.63) is 166 Å². The summed E-state index contributed by atoms with van der Waals surface area (Å²) in [5.74, 6) is -1.67. The van der Waals surface area contributed by atoms with Crippen LogP contribution in [0.3, 0.4) is 0 Å². The molecule has 23 heteroatoms.